The van der Waals surface area contributed by atoms with Gasteiger partial charge in [0.1, 0.15) is 11.6 Å². The van der Waals surface area contributed by atoms with Gasteiger partial charge in [0.25, 0.3) is 0 Å². The first-order valence-corrected chi connectivity index (χ1v) is 12.4. The lowest BCUT2D eigenvalue weighted by Crippen LogP contribution is -2.52. The predicted octanol–water partition coefficient (Wildman–Crippen LogP) is 5.22. The molecule has 1 aromatic carbocycles. The van der Waals surface area contributed by atoms with Crippen LogP contribution in [0.4, 0.5) is 4.79 Å². The summed E-state index contributed by atoms with van der Waals surface area (Å²) in [5.74, 6) is 0.0740. The molecule has 2 fully saturated rings. The molecule has 1 N–H and O–H groups in total. The Balaban J connectivity index is 0.00000121. The number of nitrogens with one attached hydrogen (secondary N) is 1. The van der Waals surface area contributed by atoms with Gasteiger partial charge >= 0.3 is 6.09 Å². The molecule has 1 unspecified atom stereocenters. The van der Waals surface area contributed by atoms with Crippen LogP contribution in [0.3, 0.4) is 0 Å². The molecule has 2 heterocycles. The molecular formula is C26H45N3O3. The molecule has 6 nitrogen and oxygen atoms in total. The highest BCUT2D eigenvalue weighted by atomic mass is 16.6. The summed E-state index contributed by atoms with van der Waals surface area (Å²) >= 11 is 0. The van der Waals surface area contributed by atoms with Crippen LogP contribution in [0.1, 0.15) is 79.7 Å². The van der Waals surface area contributed by atoms with Crippen molar-refractivity contribution in [2.45, 2.75) is 98.4 Å². The fourth-order valence-corrected chi connectivity index (χ4v) is 3.94. The maximum Gasteiger partial charge on any atom is 0.410 e. The summed E-state index contributed by atoms with van der Waals surface area (Å²) in [5, 5.41) is 3.60. The molecule has 182 valence electrons. The quantitative estimate of drug-likeness (QED) is 0.687. The van der Waals surface area contributed by atoms with E-state index in [4.69, 9.17) is 4.74 Å². The number of hydrogen-bond donors (Lipinski definition) is 1. The molecular weight excluding hydrogens is 402 g/mol. The molecule has 0 aliphatic carbocycles. The van der Waals surface area contributed by atoms with Crippen LogP contribution in [0.15, 0.2) is 30.3 Å². The molecule has 2 saturated heterocycles. The van der Waals surface area contributed by atoms with Gasteiger partial charge in [-0.1, -0.05) is 58.0 Å². The third kappa shape index (κ3) is 8.81. The van der Waals surface area contributed by atoms with E-state index in [-0.39, 0.29) is 18.0 Å². The molecule has 2 aliphatic rings. The topological polar surface area (TPSA) is 61.9 Å². The van der Waals surface area contributed by atoms with Crippen LogP contribution in [-0.2, 0) is 16.1 Å². The van der Waals surface area contributed by atoms with E-state index in [2.05, 4.69) is 29.6 Å². The summed E-state index contributed by atoms with van der Waals surface area (Å²) in [7, 11) is 0. The van der Waals surface area contributed by atoms with Crippen molar-refractivity contribution in [3.63, 3.8) is 0 Å². The molecule has 0 bridgehead atoms. The summed E-state index contributed by atoms with van der Waals surface area (Å²) < 4.78 is 5.49. The SMILES string of the molecule is CC.CC.CC(C)(C)OC(=O)N1CCCC1C(=O)N1CCC(NCc2ccccc2)CC1. The predicted molar refractivity (Wildman–Crippen MR) is 132 cm³/mol. The maximum absolute atomic E-state index is 13.0. The van der Waals surface area contributed by atoms with E-state index in [9.17, 15) is 9.59 Å². The lowest BCUT2D eigenvalue weighted by molar-refractivity contribution is -0.137. The first-order chi connectivity index (χ1) is 15.3. The van der Waals surface area contributed by atoms with Gasteiger partial charge in [-0.2, -0.15) is 0 Å². The molecule has 0 spiro atoms. The molecule has 1 atom stereocenters. The lowest BCUT2D eigenvalue weighted by Gasteiger charge is -2.36. The van der Waals surface area contributed by atoms with Crippen molar-refractivity contribution < 1.29 is 14.3 Å². The molecule has 0 radical (unpaired) electrons. The van der Waals surface area contributed by atoms with Crippen LogP contribution in [0.2, 0.25) is 0 Å². The van der Waals surface area contributed by atoms with Crippen LogP contribution in [0, 0.1) is 0 Å². The minimum absolute atomic E-state index is 0.0740. The summed E-state index contributed by atoms with van der Waals surface area (Å²) in [4.78, 5) is 29.0. The van der Waals surface area contributed by atoms with Crippen molar-refractivity contribution in [3.05, 3.63) is 35.9 Å². The van der Waals surface area contributed by atoms with Crippen LogP contribution in [-0.4, -0.2) is 59.1 Å². The van der Waals surface area contributed by atoms with Crippen LogP contribution >= 0.6 is 0 Å². The Hall–Kier alpha value is -2.08. The maximum atomic E-state index is 13.0. The number of benzene rings is 1. The number of hydrogen-bond acceptors (Lipinski definition) is 4. The fraction of sp³-hybridized carbons (Fsp3) is 0.692. The van der Waals surface area contributed by atoms with E-state index >= 15 is 0 Å². The molecule has 3 rings (SSSR count). The summed E-state index contributed by atoms with van der Waals surface area (Å²) in [6.45, 7) is 16.5. The zero-order chi connectivity index (χ0) is 24.1. The van der Waals surface area contributed by atoms with E-state index in [1.54, 1.807) is 4.90 Å². The highest BCUT2D eigenvalue weighted by molar-refractivity contribution is 5.86. The smallest absolute Gasteiger partial charge is 0.410 e. The lowest BCUT2D eigenvalue weighted by atomic mass is 10.0. The summed E-state index contributed by atoms with van der Waals surface area (Å²) in [6, 6.07) is 10.4. The normalized spacial score (nSPS) is 18.8. The van der Waals surface area contributed by atoms with Crippen molar-refractivity contribution in [1.29, 1.82) is 0 Å². The van der Waals surface area contributed by atoms with Crippen molar-refractivity contribution >= 4 is 12.0 Å². The minimum Gasteiger partial charge on any atom is -0.444 e. The van der Waals surface area contributed by atoms with Gasteiger partial charge in [-0.05, 0) is 52.0 Å². The first kappa shape index (κ1) is 28.0. The van der Waals surface area contributed by atoms with Gasteiger partial charge < -0.3 is 15.0 Å². The molecule has 1 aromatic rings. The molecule has 0 saturated carbocycles. The van der Waals surface area contributed by atoms with E-state index in [1.165, 1.54) is 5.56 Å². The Morgan fingerprint density at radius 3 is 2.12 bits per heavy atom. The van der Waals surface area contributed by atoms with Gasteiger partial charge in [-0.15, -0.1) is 0 Å². The third-order valence-corrected chi connectivity index (χ3v) is 5.41. The van der Waals surface area contributed by atoms with Crippen LogP contribution < -0.4 is 5.32 Å². The van der Waals surface area contributed by atoms with E-state index in [0.29, 0.717) is 12.6 Å². The van der Waals surface area contributed by atoms with E-state index in [1.807, 2.05) is 59.4 Å². The Labute approximate surface area is 195 Å². The van der Waals surface area contributed by atoms with Gasteiger partial charge in [-0.3, -0.25) is 9.69 Å². The minimum atomic E-state index is -0.546. The Morgan fingerprint density at radius 1 is 0.969 bits per heavy atom. The Kier molecular flexibility index (Phi) is 12.4. The first-order valence-electron chi connectivity index (χ1n) is 12.4. The van der Waals surface area contributed by atoms with Crippen molar-refractivity contribution in [1.82, 2.24) is 15.1 Å². The van der Waals surface area contributed by atoms with Gasteiger partial charge in [-0.25, -0.2) is 4.79 Å². The number of likely N-dealkylation sites (tertiary alicyclic amines) is 2. The second-order valence-electron chi connectivity index (χ2n) is 8.80. The molecule has 2 aliphatic heterocycles. The van der Waals surface area contributed by atoms with Gasteiger partial charge in [0.15, 0.2) is 0 Å². The number of rotatable bonds is 4. The standard InChI is InChI=1S/C22H33N3O3.2C2H6/c1-22(2,3)28-21(27)25-13-7-10-19(25)20(26)24-14-11-18(12-15-24)23-16-17-8-5-4-6-9-17;2*1-2/h4-6,8-9,18-19,23H,7,10-16H2,1-3H3;2*1-2H3. The monoisotopic (exact) mass is 447 g/mol. The second kappa shape index (κ2) is 14.1. The van der Waals surface area contributed by atoms with E-state index < -0.39 is 5.60 Å². The highest BCUT2D eigenvalue weighted by Crippen LogP contribution is 2.24. The van der Waals surface area contributed by atoms with E-state index in [0.717, 1.165) is 45.3 Å². The molecule has 2 amide bonds. The Morgan fingerprint density at radius 2 is 1.56 bits per heavy atom. The zero-order valence-electron chi connectivity index (χ0n) is 21.3. The highest BCUT2D eigenvalue weighted by Gasteiger charge is 2.39. The largest absolute Gasteiger partial charge is 0.444 e. The summed E-state index contributed by atoms with van der Waals surface area (Å²) in [6.07, 6.45) is 3.09. The number of amides is 2. The molecule has 6 heteroatoms. The number of piperidine rings is 1. The van der Waals surface area contributed by atoms with Crippen LogP contribution in [0.5, 0.6) is 0 Å². The van der Waals surface area contributed by atoms with Crippen LogP contribution in [0.25, 0.3) is 0 Å². The van der Waals surface area contributed by atoms with Crippen molar-refractivity contribution in [2.24, 2.45) is 0 Å². The Bertz CT molecular complexity index is 665. The number of carbonyl (C=O) groups is 2. The second-order valence-corrected chi connectivity index (χ2v) is 8.80. The number of nitrogens with zero attached hydrogens (tertiary/aromatic N) is 2. The van der Waals surface area contributed by atoms with Gasteiger partial charge in [0.05, 0.1) is 0 Å². The number of ether oxygens (including phenoxy) is 1. The van der Waals surface area contributed by atoms with Gasteiger partial charge in [0.2, 0.25) is 5.91 Å². The average Bonchev–Trinajstić information content (AvgIpc) is 3.30. The zero-order valence-corrected chi connectivity index (χ0v) is 21.3. The molecule has 0 aromatic heterocycles. The number of carbonyl (C=O) groups excluding carboxylic acids is 2. The summed E-state index contributed by atoms with van der Waals surface area (Å²) in [5.41, 5.74) is 0.732. The fourth-order valence-electron chi connectivity index (χ4n) is 3.94. The van der Waals surface area contributed by atoms with Gasteiger partial charge in [0, 0.05) is 32.2 Å². The molecule has 32 heavy (non-hydrogen) atoms. The third-order valence-electron chi connectivity index (χ3n) is 5.41. The van der Waals surface area contributed by atoms with Crippen molar-refractivity contribution in [2.75, 3.05) is 19.6 Å². The average molecular weight is 448 g/mol. The van der Waals surface area contributed by atoms with Crippen molar-refractivity contribution in [3.8, 4) is 0 Å².